The van der Waals surface area contributed by atoms with Gasteiger partial charge in [-0.3, -0.25) is 4.99 Å². The molecule has 29 heavy (non-hydrogen) atoms. The Morgan fingerprint density at radius 1 is 1.28 bits per heavy atom. The SMILES string of the molecule is CN=C(NCc1cccc(OC)c1OC)NC1CCN(c2ncccc2Cl)C1.I. The van der Waals surface area contributed by atoms with E-state index in [1.807, 2.05) is 30.3 Å². The summed E-state index contributed by atoms with van der Waals surface area (Å²) >= 11 is 6.27. The molecule has 3 rings (SSSR count). The standard InChI is InChI=1S/C20H26ClN5O2.HI/c1-22-20(24-12-14-6-4-8-17(27-2)18(14)28-3)25-15-9-11-26(13-15)19-16(21)7-5-10-23-19;/h4-8,10,15H,9,11-13H2,1-3H3,(H2,22,24,25);1H. The lowest BCUT2D eigenvalue weighted by Gasteiger charge is -2.20. The number of ether oxygens (including phenoxy) is 2. The normalized spacial score (nSPS) is 16.2. The first-order valence-corrected chi connectivity index (χ1v) is 9.56. The molecule has 9 heteroatoms. The Hall–Kier alpha value is -1.94. The molecule has 1 aliphatic heterocycles. The second-order valence-corrected chi connectivity index (χ2v) is 6.87. The number of aliphatic imine (C=N–C) groups is 1. The number of benzene rings is 1. The van der Waals surface area contributed by atoms with Crippen molar-refractivity contribution in [1.82, 2.24) is 15.6 Å². The molecule has 158 valence electrons. The van der Waals surface area contributed by atoms with Crippen LogP contribution in [0.15, 0.2) is 41.5 Å². The minimum Gasteiger partial charge on any atom is -0.493 e. The lowest BCUT2D eigenvalue weighted by molar-refractivity contribution is 0.351. The van der Waals surface area contributed by atoms with Gasteiger partial charge in [-0.05, 0) is 24.6 Å². The number of pyridine rings is 1. The summed E-state index contributed by atoms with van der Waals surface area (Å²) in [6, 6.07) is 9.80. The van der Waals surface area contributed by atoms with Gasteiger partial charge in [0.25, 0.3) is 0 Å². The molecule has 1 saturated heterocycles. The predicted molar refractivity (Wildman–Crippen MR) is 128 cm³/mol. The molecule has 1 unspecified atom stereocenters. The molecule has 1 aromatic heterocycles. The monoisotopic (exact) mass is 531 g/mol. The summed E-state index contributed by atoms with van der Waals surface area (Å²) in [5, 5.41) is 7.50. The number of methoxy groups -OCH3 is 2. The number of para-hydroxylation sites is 1. The first kappa shape index (κ1) is 23.3. The van der Waals surface area contributed by atoms with E-state index in [1.54, 1.807) is 27.5 Å². The minimum atomic E-state index is 0. The number of rotatable bonds is 6. The van der Waals surface area contributed by atoms with Gasteiger partial charge < -0.3 is 25.0 Å². The molecule has 1 aromatic carbocycles. The summed E-state index contributed by atoms with van der Waals surface area (Å²) in [6.45, 7) is 2.29. The summed E-state index contributed by atoms with van der Waals surface area (Å²) < 4.78 is 10.8. The summed E-state index contributed by atoms with van der Waals surface area (Å²) in [7, 11) is 5.04. The molecule has 1 fully saturated rings. The van der Waals surface area contributed by atoms with Crippen molar-refractivity contribution >= 4 is 47.4 Å². The minimum absolute atomic E-state index is 0. The summed E-state index contributed by atoms with van der Waals surface area (Å²) in [6.07, 6.45) is 2.75. The number of nitrogens with zero attached hydrogens (tertiary/aromatic N) is 3. The van der Waals surface area contributed by atoms with Gasteiger partial charge >= 0.3 is 0 Å². The third-order valence-electron chi connectivity index (χ3n) is 4.72. The van der Waals surface area contributed by atoms with E-state index in [0.717, 1.165) is 42.6 Å². The Labute approximate surface area is 193 Å². The van der Waals surface area contributed by atoms with Crippen LogP contribution in [-0.4, -0.2) is 51.3 Å². The Kier molecular flexibility index (Phi) is 9.09. The van der Waals surface area contributed by atoms with E-state index in [4.69, 9.17) is 21.1 Å². The molecular formula is C20H27ClIN5O2. The van der Waals surface area contributed by atoms with Gasteiger partial charge in [0, 0.05) is 44.5 Å². The Morgan fingerprint density at radius 3 is 2.79 bits per heavy atom. The zero-order valence-electron chi connectivity index (χ0n) is 16.8. The maximum Gasteiger partial charge on any atom is 0.191 e. The van der Waals surface area contributed by atoms with E-state index in [1.165, 1.54) is 0 Å². The third kappa shape index (κ3) is 5.79. The van der Waals surface area contributed by atoms with Gasteiger partial charge in [0.2, 0.25) is 0 Å². The van der Waals surface area contributed by atoms with E-state index in [2.05, 4.69) is 25.5 Å². The van der Waals surface area contributed by atoms with E-state index in [0.29, 0.717) is 17.3 Å². The van der Waals surface area contributed by atoms with Crippen molar-refractivity contribution in [2.75, 3.05) is 39.3 Å². The third-order valence-corrected chi connectivity index (χ3v) is 5.02. The van der Waals surface area contributed by atoms with Crippen molar-refractivity contribution < 1.29 is 9.47 Å². The van der Waals surface area contributed by atoms with Crippen LogP contribution in [0.2, 0.25) is 5.02 Å². The van der Waals surface area contributed by atoms with Gasteiger partial charge in [-0.15, -0.1) is 24.0 Å². The van der Waals surface area contributed by atoms with E-state index in [9.17, 15) is 0 Å². The van der Waals surface area contributed by atoms with Crippen LogP contribution in [-0.2, 0) is 6.54 Å². The highest BCUT2D eigenvalue weighted by Crippen LogP contribution is 2.30. The van der Waals surface area contributed by atoms with Gasteiger partial charge in [-0.25, -0.2) is 4.98 Å². The molecule has 0 radical (unpaired) electrons. The number of hydrogen-bond acceptors (Lipinski definition) is 5. The van der Waals surface area contributed by atoms with Crippen LogP contribution < -0.4 is 25.0 Å². The first-order chi connectivity index (χ1) is 13.7. The topological polar surface area (TPSA) is 71.0 Å². The Bertz CT molecular complexity index is 836. The Morgan fingerprint density at radius 2 is 2.10 bits per heavy atom. The number of nitrogens with one attached hydrogen (secondary N) is 2. The average Bonchev–Trinajstić information content (AvgIpc) is 3.19. The van der Waals surface area contributed by atoms with Crippen LogP contribution in [0.3, 0.4) is 0 Å². The fourth-order valence-electron chi connectivity index (χ4n) is 3.34. The number of anilines is 1. The molecule has 0 bridgehead atoms. The average molecular weight is 532 g/mol. The summed E-state index contributed by atoms with van der Waals surface area (Å²) in [4.78, 5) is 10.9. The van der Waals surface area contributed by atoms with Gasteiger partial charge in [-0.2, -0.15) is 0 Å². The van der Waals surface area contributed by atoms with E-state index in [-0.39, 0.29) is 30.0 Å². The van der Waals surface area contributed by atoms with Crippen molar-refractivity contribution in [3.63, 3.8) is 0 Å². The quantitative estimate of drug-likeness (QED) is 0.339. The van der Waals surface area contributed by atoms with Gasteiger partial charge in [0.1, 0.15) is 5.82 Å². The largest absolute Gasteiger partial charge is 0.493 e. The number of guanidine groups is 1. The molecule has 2 heterocycles. The molecule has 0 saturated carbocycles. The van der Waals surface area contributed by atoms with Crippen LogP contribution in [0, 0.1) is 0 Å². The van der Waals surface area contributed by atoms with Crippen LogP contribution in [0.25, 0.3) is 0 Å². The summed E-state index contributed by atoms with van der Waals surface area (Å²) in [5.41, 5.74) is 0.998. The van der Waals surface area contributed by atoms with Gasteiger partial charge in [-0.1, -0.05) is 23.7 Å². The number of hydrogen-bond donors (Lipinski definition) is 2. The fraction of sp³-hybridized carbons (Fsp3) is 0.400. The smallest absolute Gasteiger partial charge is 0.191 e. The Balaban J connectivity index is 0.00000300. The highest BCUT2D eigenvalue weighted by Gasteiger charge is 2.25. The van der Waals surface area contributed by atoms with E-state index < -0.39 is 0 Å². The first-order valence-electron chi connectivity index (χ1n) is 9.18. The van der Waals surface area contributed by atoms with Crippen molar-refractivity contribution in [2.45, 2.75) is 19.0 Å². The fourth-order valence-corrected chi connectivity index (χ4v) is 3.58. The molecule has 2 aromatic rings. The molecule has 2 N–H and O–H groups in total. The highest BCUT2D eigenvalue weighted by molar-refractivity contribution is 14.0. The van der Waals surface area contributed by atoms with Crippen LogP contribution in [0.5, 0.6) is 11.5 Å². The maximum absolute atomic E-state index is 6.27. The van der Waals surface area contributed by atoms with E-state index >= 15 is 0 Å². The predicted octanol–water partition coefficient (Wildman–Crippen LogP) is 3.31. The molecule has 1 aliphatic rings. The van der Waals surface area contributed by atoms with Crippen LogP contribution in [0.1, 0.15) is 12.0 Å². The molecule has 0 aliphatic carbocycles. The summed E-state index contributed by atoms with van der Waals surface area (Å²) in [5.74, 6) is 3.01. The second kappa shape index (κ2) is 11.3. The van der Waals surface area contributed by atoms with Crippen molar-refractivity contribution in [3.05, 3.63) is 47.1 Å². The van der Waals surface area contributed by atoms with Crippen molar-refractivity contribution in [3.8, 4) is 11.5 Å². The molecule has 7 nitrogen and oxygen atoms in total. The number of halogens is 2. The highest BCUT2D eigenvalue weighted by atomic mass is 127. The molecule has 0 amide bonds. The molecular weight excluding hydrogens is 505 g/mol. The van der Waals surface area contributed by atoms with Crippen LogP contribution >= 0.6 is 35.6 Å². The number of aromatic nitrogens is 1. The second-order valence-electron chi connectivity index (χ2n) is 6.46. The molecule has 1 atom stereocenters. The molecule has 0 spiro atoms. The zero-order valence-corrected chi connectivity index (χ0v) is 19.9. The van der Waals surface area contributed by atoms with Gasteiger partial charge in [0.05, 0.1) is 19.2 Å². The van der Waals surface area contributed by atoms with Crippen molar-refractivity contribution in [1.29, 1.82) is 0 Å². The lowest BCUT2D eigenvalue weighted by Crippen LogP contribution is -2.44. The van der Waals surface area contributed by atoms with Gasteiger partial charge in [0.15, 0.2) is 17.5 Å². The van der Waals surface area contributed by atoms with Crippen molar-refractivity contribution in [2.24, 2.45) is 4.99 Å². The lowest BCUT2D eigenvalue weighted by atomic mass is 10.2. The maximum atomic E-state index is 6.27. The zero-order chi connectivity index (χ0) is 19.9. The van der Waals surface area contributed by atoms with Crippen LogP contribution in [0.4, 0.5) is 5.82 Å².